The number of carbonyl (C=O) groups excluding carboxylic acids is 2. The molecule has 0 heterocycles. The van der Waals surface area contributed by atoms with E-state index in [2.05, 4.69) is 5.32 Å². The van der Waals surface area contributed by atoms with Crippen molar-refractivity contribution in [2.24, 2.45) is 0 Å². The molecule has 0 unspecified atom stereocenters. The minimum Gasteiger partial charge on any atom is -0.494 e. The van der Waals surface area contributed by atoms with E-state index in [1.807, 2.05) is 54.6 Å². The van der Waals surface area contributed by atoms with Gasteiger partial charge in [0, 0.05) is 35.5 Å². The largest absolute Gasteiger partial charge is 0.494 e. The van der Waals surface area contributed by atoms with Crippen LogP contribution in [0.2, 0.25) is 10.0 Å². The number of nitrogens with zero attached hydrogens (tertiary/aromatic N) is 1. The Bertz CT molecular complexity index is 1200. The summed E-state index contributed by atoms with van der Waals surface area (Å²) in [6.45, 7) is 0.684. The molecule has 1 aliphatic carbocycles. The van der Waals surface area contributed by atoms with Gasteiger partial charge in [-0.25, -0.2) is 0 Å². The van der Waals surface area contributed by atoms with E-state index in [0.29, 0.717) is 41.8 Å². The van der Waals surface area contributed by atoms with Crippen molar-refractivity contribution < 1.29 is 14.3 Å². The highest BCUT2D eigenvalue weighted by molar-refractivity contribution is 6.30. The van der Waals surface area contributed by atoms with Gasteiger partial charge in [-0.3, -0.25) is 9.59 Å². The van der Waals surface area contributed by atoms with Crippen LogP contribution < -0.4 is 10.1 Å². The molecule has 3 aromatic carbocycles. The third kappa shape index (κ3) is 9.29. The molecular formula is C32H36Cl2N2O3. The summed E-state index contributed by atoms with van der Waals surface area (Å²) in [5.74, 6) is 0.518. The predicted molar refractivity (Wildman–Crippen MR) is 157 cm³/mol. The number of benzene rings is 3. The van der Waals surface area contributed by atoms with Gasteiger partial charge < -0.3 is 15.0 Å². The minimum absolute atomic E-state index is 0.0885. The first-order chi connectivity index (χ1) is 19.0. The van der Waals surface area contributed by atoms with Crippen LogP contribution in [-0.2, 0) is 22.6 Å². The lowest BCUT2D eigenvalue weighted by Crippen LogP contribution is -2.52. The lowest BCUT2D eigenvalue weighted by Gasteiger charge is -2.33. The van der Waals surface area contributed by atoms with Crippen LogP contribution in [0.1, 0.15) is 56.1 Å². The fourth-order valence-corrected chi connectivity index (χ4v) is 5.36. The lowest BCUT2D eigenvalue weighted by atomic mass is 9.94. The molecule has 0 aromatic heterocycles. The average Bonchev–Trinajstić information content (AvgIpc) is 2.95. The molecule has 0 bridgehead atoms. The highest BCUT2D eigenvalue weighted by Gasteiger charge is 2.31. The second-order valence-electron chi connectivity index (χ2n) is 10.1. The maximum Gasteiger partial charge on any atom is 0.243 e. The number of ether oxygens (including phenoxy) is 1. The van der Waals surface area contributed by atoms with Crippen molar-refractivity contribution in [1.82, 2.24) is 10.2 Å². The monoisotopic (exact) mass is 566 g/mol. The van der Waals surface area contributed by atoms with E-state index in [9.17, 15) is 9.59 Å². The maximum absolute atomic E-state index is 13.8. The Morgan fingerprint density at radius 2 is 1.59 bits per heavy atom. The van der Waals surface area contributed by atoms with Crippen LogP contribution in [0.25, 0.3) is 0 Å². The van der Waals surface area contributed by atoms with Crippen molar-refractivity contribution in [3.63, 3.8) is 0 Å². The molecule has 1 N–H and O–H groups in total. The molecule has 2 amide bonds. The van der Waals surface area contributed by atoms with E-state index in [0.717, 1.165) is 36.8 Å². The molecule has 1 saturated carbocycles. The summed E-state index contributed by atoms with van der Waals surface area (Å²) in [5.41, 5.74) is 1.90. The van der Waals surface area contributed by atoms with Gasteiger partial charge in [0.2, 0.25) is 11.8 Å². The summed E-state index contributed by atoms with van der Waals surface area (Å²) in [6, 6.07) is 24.0. The van der Waals surface area contributed by atoms with Crippen LogP contribution in [0.15, 0.2) is 78.9 Å². The number of halogens is 2. The Balaban J connectivity index is 1.51. The zero-order chi connectivity index (χ0) is 27.5. The van der Waals surface area contributed by atoms with E-state index in [1.165, 1.54) is 6.42 Å². The zero-order valence-electron chi connectivity index (χ0n) is 22.2. The maximum atomic E-state index is 13.8. The summed E-state index contributed by atoms with van der Waals surface area (Å²) in [5, 5.41) is 4.51. The normalized spacial score (nSPS) is 14.4. The third-order valence-electron chi connectivity index (χ3n) is 7.08. The van der Waals surface area contributed by atoms with Crippen molar-refractivity contribution >= 4 is 35.0 Å². The first kappa shape index (κ1) is 29.0. The molecule has 1 atom stereocenters. The summed E-state index contributed by atoms with van der Waals surface area (Å²) < 4.78 is 5.80. The summed E-state index contributed by atoms with van der Waals surface area (Å²) >= 11 is 12.2. The number of rotatable bonds is 12. The fraction of sp³-hybridized carbons (Fsp3) is 0.375. The van der Waals surface area contributed by atoms with Crippen LogP contribution in [0, 0.1) is 0 Å². The van der Waals surface area contributed by atoms with Gasteiger partial charge in [-0.1, -0.05) is 84.9 Å². The molecule has 1 fully saturated rings. The van der Waals surface area contributed by atoms with E-state index >= 15 is 0 Å². The van der Waals surface area contributed by atoms with E-state index in [-0.39, 0.29) is 24.3 Å². The standard InChI is InChI=1S/C32H36Cl2N2O3/c33-26-16-18-29(19-17-26)39-20-8-15-31(37)36(23-25-11-7-12-27(34)21-25)30(22-24-9-3-1-4-10-24)32(38)35-28-13-5-2-6-14-28/h1,3-4,7,9-12,16-19,21,28,30H,2,5-6,8,13-15,20,22-23H2,(H,35,38)/t30-/m1/s1. The van der Waals surface area contributed by atoms with Crippen LogP contribution >= 0.6 is 23.2 Å². The van der Waals surface area contributed by atoms with Crippen LogP contribution in [0.4, 0.5) is 0 Å². The smallest absolute Gasteiger partial charge is 0.243 e. The first-order valence-corrected chi connectivity index (χ1v) is 14.5. The number of hydrogen-bond acceptors (Lipinski definition) is 3. The Hall–Kier alpha value is -3.02. The molecular weight excluding hydrogens is 531 g/mol. The first-order valence-electron chi connectivity index (χ1n) is 13.7. The molecule has 39 heavy (non-hydrogen) atoms. The molecule has 1 aliphatic rings. The number of nitrogens with one attached hydrogen (secondary N) is 1. The van der Waals surface area contributed by atoms with Crippen LogP contribution in [0.3, 0.4) is 0 Å². The minimum atomic E-state index is -0.641. The lowest BCUT2D eigenvalue weighted by molar-refractivity contribution is -0.141. The van der Waals surface area contributed by atoms with Crippen LogP contribution in [-0.4, -0.2) is 35.4 Å². The van der Waals surface area contributed by atoms with Crippen molar-refractivity contribution in [2.75, 3.05) is 6.61 Å². The molecule has 206 valence electrons. The quantitative estimate of drug-likeness (QED) is 0.235. The number of amides is 2. The van der Waals surface area contributed by atoms with Gasteiger partial charge in [0.05, 0.1) is 6.61 Å². The Kier molecular flexibility index (Phi) is 11.1. The number of hydrogen-bond donors (Lipinski definition) is 1. The topological polar surface area (TPSA) is 58.6 Å². The van der Waals surface area contributed by atoms with Gasteiger partial charge in [-0.15, -0.1) is 0 Å². The molecule has 3 aromatic rings. The number of carbonyl (C=O) groups is 2. The van der Waals surface area contributed by atoms with Gasteiger partial charge >= 0.3 is 0 Å². The fourth-order valence-electron chi connectivity index (χ4n) is 5.02. The summed E-state index contributed by atoms with van der Waals surface area (Å²) in [6.07, 6.45) is 6.62. The van der Waals surface area contributed by atoms with Crippen molar-refractivity contribution in [1.29, 1.82) is 0 Å². The van der Waals surface area contributed by atoms with Gasteiger partial charge in [0.25, 0.3) is 0 Å². The second kappa shape index (κ2) is 14.9. The van der Waals surface area contributed by atoms with Gasteiger partial charge in [0.15, 0.2) is 0 Å². The third-order valence-corrected chi connectivity index (χ3v) is 7.57. The molecule has 0 spiro atoms. The SMILES string of the molecule is O=C(NC1CCCCC1)[C@@H](Cc1ccccc1)N(Cc1cccc(Cl)c1)C(=O)CCCOc1ccc(Cl)cc1. The summed E-state index contributed by atoms with van der Waals surface area (Å²) in [7, 11) is 0. The predicted octanol–water partition coefficient (Wildman–Crippen LogP) is 7.24. The van der Waals surface area contributed by atoms with Crippen molar-refractivity contribution in [2.45, 2.75) is 70.0 Å². The molecule has 7 heteroatoms. The van der Waals surface area contributed by atoms with E-state index in [1.54, 1.807) is 29.2 Å². The Morgan fingerprint density at radius 3 is 2.31 bits per heavy atom. The second-order valence-corrected chi connectivity index (χ2v) is 11.0. The van der Waals surface area contributed by atoms with Gasteiger partial charge in [0.1, 0.15) is 11.8 Å². The molecule has 0 radical (unpaired) electrons. The van der Waals surface area contributed by atoms with E-state index < -0.39 is 6.04 Å². The highest BCUT2D eigenvalue weighted by atomic mass is 35.5. The van der Waals surface area contributed by atoms with Crippen LogP contribution in [0.5, 0.6) is 5.75 Å². The van der Waals surface area contributed by atoms with Crippen molar-refractivity contribution in [3.8, 4) is 5.75 Å². The van der Waals surface area contributed by atoms with Gasteiger partial charge in [-0.05, 0) is 66.8 Å². The average molecular weight is 568 g/mol. The summed E-state index contributed by atoms with van der Waals surface area (Å²) in [4.78, 5) is 29.3. The Morgan fingerprint density at radius 1 is 0.872 bits per heavy atom. The molecule has 0 saturated heterocycles. The molecule has 5 nitrogen and oxygen atoms in total. The van der Waals surface area contributed by atoms with E-state index in [4.69, 9.17) is 27.9 Å². The Labute approximate surface area is 241 Å². The van der Waals surface area contributed by atoms with Crippen molar-refractivity contribution in [3.05, 3.63) is 100 Å². The molecule has 4 rings (SSSR count). The zero-order valence-corrected chi connectivity index (χ0v) is 23.7. The highest BCUT2D eigenvalue weighted by Crippen LogP contribution is 2.22. The molecule has 0 aliphatic heterocycles. The van der Waals surface area contributed by atoms with Gasteiger partial charge in [-0.2, -0.15) is 0 Å².